The zero-order chi connectivity index (χ0) is 23.4. The fraction of sp³-hybridized carbons (Fsp3) is 0.316. The normalized spacial score (nSPS) is 17.5. The van der Waals surface area contributed by atoms with Crippen LogP contribution in [0.5, 0.6) is 17.2 Å². The molecule has 0 saturated carbocycles. The summed E-state index contributed by atoms with van der Waals surface area (Å²) in [6.07, 6.45) is -6.94. The van der Waals surface area contributed by atoms with Gasteiger partial charge in [0.25, 0.3) is 0 Å². The molecule has 2 aromatic rings. The smallest absolute Gasteiger partial charge is 0.465 e. The molecule has 1 aliphatic heterocycles. The second-order valence-electron chi connectivity index (χ2n) is 6.62. The summed E-state index contributed by atoms with van der Waals surface area (Å²) in [6.45, 7) is -0.00208. The molecule has 32 heavy (non-hydrogen) atoms. The molecule has 2 atom stereocenters. The molecular weight excluding hydrogens is 459 g/mol. The quantitative estimate of drug-likeness (QED) is 0.595. The van der Waals surface area contributed by atoms with E-state index in [-0.39, 0.29) is 29.8 Å². The van der Waals surface area contributed by atoms with Crippen molar-refractivity contribution in [3.05, 3.63) is 48.5 Å². The van der Waals surface area contributed by atoms with Crippen molar-refractivity contribution in [2.24, 2.45) is 0 Å². The van der Waals surface area contributed by atoms with E-state index in [2.05, 4.69) is 10.1 Å². The Labute approximate surface area is 180 Å². The Balaban J connectivity index is 1.66. The molecule has 0 aromatic heterocycles. The van der Waals surface area contributed by atoms with Crippen LogP contribution in [0.2, 0.25) is 0 Å². The zero-order valence-electron chi connectivity index (χ0n) is 16.2. The van der Waals surface area contributed by atoms with E-state index in [0.29, 0.717) is 0 Å². The monoisotopic (exact) mass is 477 g/mol. The number of ether oxygens (including phenoxy) is 4. The van der Waals surface area contributed by atoms with Crippen LogP contribution in [0.3, 0.4) is 0 Å². The van der Waals surface area contributed by atoms with Crippen molar-refractivity contribution < 1.29 is 50.4 Å². The van der Waals surface area contributed by atoms with Crippen molar-refractivity contribution in [2.75, 3.05) is 19.2 Å². The lowest BCUT2D eigenvalue weighted by Gasteiger charge is -2.21. The molecule has 1 aliphatic rings. The number of benzene rings is 2. The Morgan fingerprint density at radius 3 is 2.16 bits per heavy atom. The number of sulfone groups is 1. The van der Waals surface area contributed by atoms with Gasteiger partial charge in [-0.1, -0.05) is 0 Å². The van der Waals surface area contributed by atoms with Gasteiger partial charge >= 0.3 is 12.5 Å². The van der Waals surface area contributed by atoms with Crippen LogP contribution >= 0.6 is 0 Å². The maximum atomic E-state index is 12.7. The van der Waals surface area contributed by atoms with Gasteiger partial charge in [-0.3, -0.25) is 0 Å². The second-order valence-corrected chi connectivity index (χ2v) is 8.66. The van der Waals surface area contributed by atoms with Crippen molar-refractivity contribution in [2.45, 2.75) is 23.4 Å². The molecule has 3 rings (SSSR count). The predicted octanol–water partition coefficient (Wildman–Crippen LogP) is 3.16. The molecule has 0 spiro atoms. The fourth-order valence-corrected chi connectivity index (χ4v) is 4.39. The van der Waals surface area contributed by atoms with Crippen molar-refractivity contribution in [3.8, 4) is 17.2 Å². The summed E-state index contributed by atoms with van der Waals surface area (Å²) < 4.78 is 81.5. The van der Waals surface area contributed by atoms with Gasteiger partial charge in [0.05, 0.1) is 23.3 Å². The van der Waals surface area contributed by atoms with Gasteiger partial charge in [0.2, 0.25) is 0 Å². The number of nitrogens with one attached hydrogen (secondary N) is 1. The zero-order valence-corrected chi connectivity index (χ0v) is 17.1. The molecule has 1 saturated heterocycles. The highest BCUT2D eigenvalue weighted by atomic mass is 32.2. The largest absolute Gasteiger partial charge is 0.573 e. The van der Waals surface area contributed by atoms with E-state index in [1.807, 2.05) is 0 Å². The van der Waals surface area contributed by atoms with Crippen LogP contribution in [-0.4, -0.2) is 57.3 Å². The van der Waals surface area contributed by atoms with E-state index in [1.165, 1.54) is 36.4 Å². The number of carbonyl (C=O) groups is 1. The summed E-state index contributed by atoms with van der Waals surface area (Å²) in [6, 6.07) is 8.91. The van der Waals surface area contributed by atoms with Crippen LogP contribution < -0.4 is 14.8 Å². The Morgan fingerprint density at radius 1 is 1.09 bits per heavy atom. The third-order valence-corrected chi connectivity index (χ3v) is 6.07. The maximum absolute atomic E-state index is 12.7. The molecule has 9 nitrogen and oxygen atoms in total. The lowest BCUT2D eigenvalue weighted by atomic mass is 10.2. The van der Waals surface area contributed by atoms with Crippen LogP contribution in [0.25, 0.3) is 0 Å². The van der Waals surface area contributed by atoms with Gasteiger partial charge in [-0.05, 0) is 48.5 Å². The minimum atomic E-state index is -4.81. The van der Waals surface area contributed by atoms with Crippen molar-refractivity contribution >= 4 is 15.9 Å². The van der Waals surface area contributed by atoms with Gasteiger partial charge in [0, 0.05) is 0 Å². The van der Waals surface area contributed by atoms with Gasteiger partial charge in [-0.25, -0.2) is 13.2 Å². The first-order valence-corrected chi connectivity index (χ1v) is 10.7. The summed E-state index contributed by atoms with van der Waals surface area (Å²) in [5.74, 6) is -0.512. The van der Waals surface area contributed by atoms with Crippen LogP contribution in [0, 0.1) is 0 Å². The number of halogens is 3. The van der Waals surface area contributed by atoms with Crippen molar-refractivity contribution in [3.63, 3.8) is 0 Å². The molecule has 1 heterocycles. The summed E-state index contributed by atoms with van der Waals surface area (Å²) in [5, 5.41) is 11.1. The fourth-order valence-electron chi connectivity index (χ4n) is 2.87. The van der Waals surface area contributed by atoms with Gasteiger partial charge in [-0.15, -0.1) is 13.2 Å². The summed E-state index contributed by atoms with van der Waals surface area (Å²) >= 11 is 0. The summed E-state index contributed by atoms with van der Waals surface area (Å²) in [7, 11) is -3.90. The standard InChI is InChI=1S/C19H18F3NO8S/c20-19(21,22)31-14-3-1-12(2-4-14)30-13-5-7-15(8-6-13)32(26,27)10-16(23-18(24)25)17-9-28-11-29-17/h1-8,16-17,23H,9-11H2,(H,24,25)/t16-,17-/m1/s1. The number of hydrogen-bond donors (Lipinski definition) is 2. The minimum Gasteiger partial charge on any atom is -0.465 e. The number of hydrogen-bond acceptors (Lipinski definition) is 7. The predicted molar refractivity (Wildman–Crippen MR) is 102 cm³/mol. The average molecular weight is 477 g/mol. The number of amides is 1. The van der Waals surface area contributed by atoms with Gasteiger partial charge < -0.3 is 29.4 Å². The highest BCUT2D eigenvalue weighted by Crippen LogP contribution is 2.28. The lowest BCUT2D eigenvalue weighted by Crippen LogP contribution is -2.48. The highest BCUT2D eigenvalue weighted by molar-refractivity contribution is 7.91. The molecule has 0 unspecified atom stereocenters. The molecule has 0 aliphatic carbocycles. The van der Waals surface area contributed by atoms with Crippen LogP contribution in [0.4, 0.5) is 18.0 Å². The molecular formula is C19H18F3NO8S. The third-order valence-electron chi connectivity index (χ3n) is 4.28. The van der Waals surface area contributed by atoms with Crippen molar-refractivity contribution in [1.29, 1.82) is 0 Å². The summed E-state index contributed by atoms with van der Waals surface area (Å²) in [4.78, 5) is 10.9. The molecule has 174 valence electrons. The molecule has 0 radical (unpaired) electrons. The van der Waals surface area contributed by atoms with E-state index in [0.717, 1.165) is 12.1 Å². The molecule has 2 N–H and O–H groups in total. The molecule has 1 amide bonds. The first kappa shape index (κ1) is 23.6. The van der Waals surface area contributed by atoms with Crippen LogP contribution in [-0.2, 0) is 19.3 Å². The molecule has 2 aromatic carbocycles. The van der Waals surface area contributed by atoms with E-state index in [4.69, 9.17) is 19.3 Å². The Morgan fingerprint density at radius 2 is 1.66 bits per heavy atom. The maximum Gasteiger partial charge on any atom is 0.573 e. The highest BCUT2D eigenvalue weighted by Gasteiger charge is 2.33. The molecule has 1 fully saturated rings. The minimum absolute atomic E-state index is 0.0556. The first-order valence-electron chi connectivity index (χ1n) is 9.07. The third kappa shape index (κ3) is 6.73. The lowest BCUT2D eigenvalue weighted by molar-refractivity contribution is -0.274. The van der Waals surface area contributed by atoms with Gasteiger partial charge in [0.1, 0.15) is 30.1 Å². The number of alkyl halides is 3. The Kier molecular flexibility index (Phi) is 7.11. The first-order chi connectivity index (χ1) is 15.0. The van der Waals surface area contributed by atoms with Crippen molar-refractivity contribution in [1.82, 2.24) is 5.32 Å². The van der Waals surface area contributed by atoms with Crippen LogP contribution in [0.15, 0.2) is 53.4 Å². The van der Waals surface area contributed by atoms with Gasteiger partial charge in [0.15, 0.2) is 9.84 Å². The number of rotatable bonds is 8. The SMILES string of the molecule is O=C(O)N[C@H](CS(=O)(=O)c1ccc(Oc2ccc(OC(F)(F)F)cc2)cc1)[C@H]1COCO1. The summed E-state index contributed by atoms with van der Waals surface area (Å²) in [5.41, 5.74) is 0. The average Bonchev–Trinajstić information content (AvgIpc) is 3.23. The number of carboxylic acid groups (broad SMARTS) is 1. The van der Waals surface area contributed by atoms with E-state index < -0.39 is 45.9 Å². The topological polar surface area (TPSA) is 120 Å². The van der Waals surface area contributed by atoms with Crippen LogP contribution in [0.1, 0.15) is 0 Å². The van der Waals surface area contributed by atoms with Gasteiger partial charge in [-0.2, -0.15) is 0 Å². The Hall–Kier alpha value is -3.03. The molecule has 0 bridgehead atoms. The Bertz CT molecular complexity index is 1020. The molecule has 13 heteroatoms. The van der Waals surface area contributed by atoms with E-state index >= 15 is 0 Å². The van der Waals surface area contributed by atoms with E-state index in [1.54, 1.807) is 0 Å². The second kappa shape index (κ2) is 9.63. The van der Waals surface area contributed by atoms with E-state index in [9.17, 15) is 26.4 Å².